The largest absolute Gasteiger partial charge is 0.864 e. The maximum atomic E-state index is 15.1. The molecule has 0 heterocycles. The third kappa shape index (κ3) is 5.21. The Kier molecular flexibility index (Phi) is 8.69. The van der Waals surface area contributed by atoms with E-state index < -0.39 is 162 Å². The first-order chi connectivity index (χ1) is 24.3. The van der Waals surface area contributed by atoms with Crippen LogP contribution in [0.5, 0.6) is 17.2 Å². The van der Waals surface area contributed by atoms with Crippen molar-refractivity contribution in [3.05, 3.63) is 123 Å². The van der Waals surface area contributed by atoms with Gasteiger partial charge in [0.25, 0.3) is 0 Å². The van der Waals surface area contributed by atoms with Gasteiger partial charge < -0.3 is 14.0 Å². The van der Waals surface area contributed by atoms with Gasteiger partial charge >= 0.3 is 7.32 Å². The van der Waals surface area contributed by atoms with Crippen LogP contribution in [0.2, 0.25) is 0 Å². The molecule has 0 bridgehead atoms. The molecule has 0 spiro atoms. The molecule has 270 valence electrons. The van der Waals surface area contributed by atoms with Gasteiger partial charge in [-0.3, -0.25) is 0 Å². The first kappa shape index (κ1) is 36.1. The fourth-order valence-electron chi connectivity index (χ4n) is 4.94. The van der Waals surface area contributed by atoms with Gasteiger partial charge in [0.2, 0.25) is 0 Å². The van der Waals surface area contributed by atoms with Crippen LogP contribution in [0.4, 0.5) is 79.0 Å². The third-order valence-electron chi connectivity index (χ3n) is 7.27. The number of hydrogen-bond donors (Lipinski definition) is 0. The third-order valence-corrected chi connectivity index (χ3v) is 7.27. The first-order valence-electron chi connectivity index (χ1n) is 13.2. The zero-order valence-electron chi connectivity index (χ0n) is 23.8. The van der Waals surface area contributed by atoms with E-state index in [1.165, 1.54) is 0 Å². The van der Waals surface area contributed by atoms with Crippen LogP contribution in [-0.2, 0) is 0 Å². The second kappa shape index (κ2) is 12.5. The molecule has 0 atom stereocenters. The van der Waals surface area contributed by atoms with Gasteiger partial charge in [-0.1, -0.05) is 0 Å². The summed E-state index contributed by atoms with van der Waals surface area (Å²) in [6, 6.07) is -0.918. The molecule has 0 saturated heterocycles. The molecule has 0 aliphatic heterocycles. The Morgan fingerprint density at radius 1 is 0.269 bits per heavy atom. The van der Waals surface area contributed by atoms with Crippen LogP contribution in [0.3, 0.4) is 0 Å². The van der Waals surface area contributed by atoms with Crippen molar-refractivity contribution in [1.82, 2.24) is 0 Å². The molecule has 0 fully saturated rings. The summed E-state index contributed by atoms with van der Waals surface area (Å²) >= 11 is 0. The Labute approximate surface area is 273 Å². The molecule has 6 rings (SSSR count). The van der Waals surface area contributed by atoms with Crippen molar-refractivity contribution in [2.45, 2.75) is 0 Å². The van der Waals surface area contributed by atoms with Gasteiger partial charge in [0.1, 0.15) is 0 Å². The van der Waals surface area contributed by atoms with Gasteiger partial charge in [-0.05, 0) is 18.2 Å². The second-order valence-electron chi connectivity index (χ2n) is 10.2. The summed E-state index contributed by atoms with van der Waals surface area (Å²) < 4.78 is 276. The van der Waals surface area contributed by atoms with Gasteiger partial charge in [0, 0.05) is 16.2 Å². The lowest BCUT2D eigenvalue weighted by atomic mass is 10.0. The highest BCUT2D eigenvalue weighted by Gasteiger charge is 2.41. The van der Waals surface area contributed by atoms with E-state index in [9.17, 15) is 65.9 Å². The molecule has 0 aliphatic carbocycles. The Hall–Kier alpha value is -5.70. The normalized spacial score (nSPS) is 11.7. The van der Waals surface area contributed by atoms with Crippen molar-refractivity contribution >= 4 is 39.6 Å². The molecule has 0 aliphatic rings. The minimum absolute atomic E-state index is 0.306. The molecular weight excluding hydrogens is 761 g/mol. The van der Waals surface area contributed by atoms with Crippen molar-refractivity contribution in [1.29, 1.82) is 0 Å². The number of rotatable bonds is 6. The van der Waals surface area contributed by atoms with Crippen LogP contribution in [0.15, 0.2) is 18.2 Å². The molecule has 6 aromatic carbocycles. The molecular formula is C30H3BF18O3. The molecule has 0 amide bonds. The molecule has 0 radical (unpaired) electrons. The number of benzene rings is 6. The average Bonchev–Trinajstić information content (AvgIpc) is 3.11. The Morgan fingerprint density at radius 2 is 0.481 bits per heavy atom. The minimum atomic E-state index is -3.82. The summed E-state index contributed by atoms with van der Waals surface area (Å²) in [6.45, 7) is 0. The van der Waals surface area contributed by atoms with Gasteiger partial charge in [-0.15, -0.1) is 0 Å². The van der Waals surface area contributed by atoms with E-state index in [0.717, 1.165) is 0 Å². The lowest BCUT2D eigenvalue weighted by Crippen LogP contribution is -2.38. The summed E-state index contributed by atoms with van der Waals surface area (Å²) in [6.07, 6.45) is 0. The molecule has 52 heavy (non-hydrogen) atoms. The predicted molar refractivity (Wildman–Crippen MR) is 139 cm³/mol. The zero-order valence-corrected chi connectivity index (χ0v) is 23.8. The van der Waals surface area contributed by atoms with Gasteiger partial charge in [0.05, 0.1) is 16.2 Å². The Morgan fingerprint density at radius 3 is 0.712 bits per heavy atom. The van der Waals surface area contributed by atoms with E-state index in [1.54, 1.807) is 0 Å². The number of halogens is 18. The van der Waals surface area contributed by atoms with Crippen molar-refractivity contribution in [3.8, 4) is 17.2 Å². The van der Waals surface area contributed by atoms with Crippen LogP contribution in [-0.4, -0.2) is 7.32 Å². The topological polar surface area (TPSA) is 27.7 Å². The Bertz CT molecular complexity index is 2280. The number of fused-ring (bicyclic) bond motifs is 3. The van der Waals surface area contributed by atoms with E-state index in [1.807, 2.05) is 0 Å². The van der Waals surface area contributed by atoms with E-state index in [-0.39, 0.29) is 18.2 Å². The van der Waals surface area contributed by atoms with Gasteiger partial charge in [0.15, 0.2) is 122 Å². The van der Waals surface area contributed by atoms with Crippen LogP contribution >= 0.6 is 0 Å². The van der Waals surface area contributed by atoms with E-state index >= 15 is 13.2 Å². The predicted octanol–water partition coefficient (Wildman–Crippen LogP) is 10.2. The van der Waals surface area contributed by atoms with Gasteiger partial charge in [-0.25, -0.2) is 65.9 Å². The second-order valence-corrected chi connectivity index (χ2v) is 10.2. The van der Waals surface area contributed by atoms with E-state index in [0.29, 0.717) is 0 Å². The highest BCUT2D eigenvalue weighted by atomic mass is 19.2. The highest BCUT2D eigenvalue weighted by Crippen LogP contribution is 2.42. The van der Waals surface area contributed by atoms with Crippen LogP contribution < -0.4 is 14.0 Å². The lowest BCUT2D eigenvalue weighted by Gasteiger charge is -2.21. The molecule has 0 unspecified atom stereocenters. The van der Waals surface area contributed by atoms with Crippen molar-refractivity contribution in [2.24, 2.45) is 0 Å². The minimum Gasteiger partial charge on any atom is -0.486 e. The van der Waals surface area contributed by atoms with E-state index in [2.05, 4.69) is 14.0 Å². The average molecular weight is 764 g/mol. The smallest absolute Gasteiger partial charge is 0.486 e. The van der Waals surface area contributed by atoms with Gasteiger partial charge in [-0.2, -0.15) is 13.2 Å². The quantitative estimate of drug-likeness (QED) is 0.0732. The standard InChI is InChI=1S/C30H3BF18O3/c32-7-1-4-10(19(41)25(47)22(44)13(4)35)28(16(7)38)50-31(51-29-11-5(2-8(33)17(29)39)14(36)23(45)26(48)20(11)42)52-30-12-6(3-9(34)18(30)40)15(37)24(46)27(49)21(12)43/h1-3H. The monoisotopic (exact) mass is 764 g/mol. The zero-order chi connectivity index (χ0) is 38.4. The highest BCUT2D eigenvalue weighted by molar-refractivity contribution is 6.40. The molecule has 0 aromatic heterocycles. The summed E-state index contributed by atoms with van der Waals surface area (Å²) in [5, 5.41) is -11.1. The van der Waals surface area contributed by atoms with Crippen LogP contribution in [0.25, 0.3) is 32.3 Å². The molecule has 3 nitrogen and oxygen atoms in total. The van der Waals surface area contributed by atoms with Crippen molar-refractivity contribution in [3.63, 3.8) is 0 Å². The summed E-state index contributed by atoms with van der Waals surface area (Å²) in [4.78, 5) is 0. The number of hydrogen-bond acceptors (Lipinski definition) is 3. The molecule has 0 saturated carbocycles. The maximum Gasteiger partial charge on any atom is 0.864 e. The van der Waals surface area contributed by atoms with E-state index in [4.69, 9.17) is 0 Å². The summed E-state index contributed by atoms with van der Waals surface area (Å²) in [5.41, 5.74) is 0. The first-order valence-corrected chi connectivity index (χ1v) is 13.2. The fraction of sp³-hybridized carbons (Fsp3) is 0. The SMILES string of the molecule is Fc1cc2c(F)c(F)c(F)c(F)c2c(OB(Oc2c(F)c(F)cc3c(F)c(F)c(F)c(F)c23)Oc2c(F)c(F)cc3c(F)c(F)c(F)c(F)c23)c1F. The van der Waals surface area contributed by atoms with Crippen LogP contribution in [0.1, 0.15) is 0 Å². The molecule has 22 heteroatoms. The lowest BCUT2D eigenvalue weighted by molar-refractivity contribution is 0.284. The molecule has 6 aromatic rings. The van der Waals surface area contributed by atoms with Crippen molar-refractivity contribution < 1.29 is 93.0 Å². The summed E-state index contributed by atoms with van der Waals surface area (Å²) in [7, 11) is -3.82. The molecule has 0 N–H and O–H groups in total. The Balaban J connectivity index is 1.69. The fourth-order valence-corrected chi connectivity index (χ4v) is 4.94. The maximum absolute atomic E-state index is 15.1. The van der Waals surface area contributed by atoms with Crippen LogP contribution in [0, 0.1) is 105 Å². The van der Waals surface area contributed by atoms with Crippen molar-refractivity contribution in [2.75, 3.05) is 0 Å². The summed E-state index contributed by atoms with van der Waals surface area (Å²) in [5.74, 6) is -53.3.